The Balaban J connectivity index is 1.63. The van der Waals surface area contributed by atoms with Crippen molar-refractivity contribution in [2.75, 3.05) is 0 Å². The Morgan fingerprint density at radius 3 is 2.90 bits per heavy atom. The molecule has 140 valence electrons. The minimum atomic E-state index is -0.300. The van der Waals surface area contributed by atoms with Crippen LogP contribution in [0, 0.1) is 0 Å². The highest BCUT2D eigenvalue weighted by molar-refractivity contribution is 5.67. The van der Waals surface area contributed by atoms with E-state index in [1.54, 1.807) is 41.6 Å². The topological polar surface area (TPSA) is 98.6 Å². The van der Waals surface area contributed by atoms with Crippen molar-refractivity contribution in [2.45, 2.75) is 5.92 Å². The molecule has 1 atom stereocenters. The Labute approximate surface area is 164 Å². The zero-order valence-corrected chi connectivity index (χ0v) is 14.9. The third-order valence-corrected chi connectivity index (χ3v) is 4.94. The van der Waals surface area contributed by atoms with Gasteiger partial charge in [0.25, 0.3) is 0 Å². The molecule has 8 heteroatoms. The van der Waals surface area contributed by atoms with Crippen LogP contribution in [0.4, 0.5) is 0 Å². The van der Waals surface area contributed by atoms with Gasteiger partial charge in [0.15, 0.2) is 11.5 Å². The van der Waals surface area contributed by atoms with Crippen LogP contribution in [-0.4, -0.2) is 29.7 Å². The maximum Gasteiger partial charge on any atom is 0.228 e. The number of phenolic OH excluding ortho intramolecular Hbond substituents is 1. The fraction of sp³-hybridized carbons (Fsp3) is 0.0476. The number of nitrogens with zero attached hydrogens (tertiary/aromatic N) is 5. The van der Waals surface area contributed by atoms with Crippen molar-refractivity contribution in [1.82, 2.24) is 24.6 Å². The van der Waals surface area contributed by atoms with E-state index >= 15 is 0 Å². The number of pyridine rings is 1. The molecule has 1 N–H and O–H groups in total. The first kappa shape index (κ1) is 15.8. The number of hydrogen-bond acceptors (Lipinski definition) is 7. The van der Waals surface area contributed by atoms with Gasteiger partial charge in [0.2, 0.25) is 5.88 Å². The number of benzene rings is 1. The zero-order chi connectivity index (χ0) is 19.4. The molecule has 0 aliphatic carbocycles. The highest BCUT2D eigenvalue weighted by Gasteiger charge is 2.35. The monoisotopic (exact) mass is 383 g/mol. The van der Waals surface area contributed by atoms with Gasteiger partial charge in [0, 0.05) is 29.6 Å². The Bertz CT molecular complexity index is 1350. The molecule has 1 aromatic carbocycles. The Morgan fingerprint density at radius 1 is 1.10 bits per heavy atom. The molecule has 0 radical (unpaired) electrons. The van der Waals surface area contributed by atoms with Gasteiger partial charge in [0.05, 0.1) is 17.7 Å². The molecule has 5 heterocycles. The summed E-state index contributed by atoms with van der Waals surface area (Å²) in [5.74, 6) is 2.02. The molecule has 4 aromatic heterocycles. The average molecular weight is 383 g/mol. The van der Waals surface area contributed by atoms with E-state index in [0.717, 1.165) is 22.5 Å². The molecule has 1 unspecified atom stereocenters. The molecule has 29 heavy (non-hydrogen) atoms. The molecule has 1 aliphatic heterocycles. The third-order valence-electron chi connectivity index (χ3n) is 4.94. The number of furan rings is 1. The van der Waals surface area contributed by atoms with Crippen molar-refractivity contribution < 1.29 is 14.3 Å². The predicted octanol–water partition coefficient (Wildman–Crippen LogP) is 3.77. The lowest BCUT2D eigenvalue weighted by Gasteiger charge is -2.26. The van der Waals surface area contributed by atoms with Crippen molar-refractivity contribution in [1.29, 1.82) is 0 Å². The second kappa shape index (κ2) is 5.90. The van der Waals surface area contributed by atoms with Gasteiger partial charge in [-0.25, -0.2) is 14.5 Å². The molecule has 0 fully saturated rings. The van der Waals surface area contributed by atoms with Crippen LogP contribution in [0.2, 0.25) is 0 Å². The molecule has 5 aromatic rings. The van der Waals surface area contributed by atoms with Crippen molar-refractivity contribution >= 4 is 5.65 Å². The highest BCUT2D eigenvalue weighted by Crippen LogP contribution is 2.48. The summed E-state index contributed by atoms with van der Waals surface area (Å²) in [5.41, 5.74) is 3.03. The Morgan fingerprint density at radius 2 is 2.07 bits per heavy atom. The van der Waals surface area contributed by atoms with Crippen LogP contribution in [0.3, 0.4) is 0 Å². The third kappa shape index (κ3) is 2.39. The van der Waals surface area contributed by atoms with Gasteiger partial charge in [-0.05, 0) is 30.3 Å². The maximum atomic E-state index is 9.90. The molecular formula is C21H13N5O3. The molecule has 1 aliphatic rings. The van der Waals surface area contributed by atoms with E-state index in [4.69, 9.17) is 14.1 Å². The lowest BCUT2D eigenvalue weighted by atomic mass is 9.87. The quantitative estimate of drug-likeness (QED) is 0.486. The molecule has 8 nitrogen and oxygen atoms in total. The first-order valence-electron chi connectivity index (χ1n) is 8.98. The van der Waals surface area contributed by atoms with Gasteiger partial charge >= 0.3 is 0 Å². The number of phenols is 1. The van der Waals surface area contributed by atoms with Gasteiger partial charge in [0.1, 0.15) is 23.6 Å². The molecule has 0 saturated carbocycles. The van der Waals surface area contributed by atoms with Crippen LogP contribution in [0.5, 0.6) is 17.4 Å². The van der Waals surface area contributed by atoms with Crippen LogP contribution in [0.1, 0.15) is 22.8 Å². The normalized spacial score (nSPS) is 15.0. The predicted molar refractivity (Wildman–Crippen MR) is 102 cm³/mol. The summed E-state index contributed by atoms with van der Waals surface area (Å²) in [6, 6.07) is 12.5. The molecule has 0 amide bonds. The fourth-order valence-electron chi connectivity index (χ4n) is 3.67. The molecule has 6 rings (SSSR count). The van der Waals surface area contributed by atoms with E-state index in [9.17, 15) is 5.11 Å². The highest BCUT2D eigenvalue weighted by atomic mass is 16.5. The Kier molecular flexibility index (Phi) is 3.22. The van der Waals surface area contributed by atoms with Gasteiger partial charge in [-0.3, -0.25) is 4.98 Å². The molecule has 0 saturated heterocycles. The summed E-state index contributed by atoms with van der Waals surface area (Å²) >= 11 is 0. The number of hydrogen-bond donors (Lipinski definition) is 1. The van der Waals surface area contributed by atoms with Gasteiger partial charge < -0.3 is 14.3 Å². The lowest BCUT2D eigenvalue weighted by Crippen LogP contribution is -2.14. The minimum Gasteiger partial charge on any atom is -0.508 e. The van der Waals surface area contributed by atoms with E-state index in [2.05, 4.69) is 15.1 Å². The number of ether oxygens (including phenoxy) is 1. The molecule has 0 spiro atoms. The number of aromatic nitrogens is 5. The van der Waals surface area contributed by atoms with E-state index in [1.807, 2.05) is 30.3 Å². The van der Waals surface area contributed by atoms with Crippen LogP contribution in [-0.2, 0) is 0 Å². The van der Waals surface area contributed by atoms with Crippen molar-refractivity contribution in [2.24, 2.45) is 0 Å². The Hall–Kier alpha value is -4.20. The standard InChI is InChI=1S/C21H13N5O3/c27-13-5-6-14-16(9-13)29-21-18(17(14)15-4-2-8-28-15)20-24-19(25-26(20)11-23-21)12-3-1-7-22-10-12/h1-11,17,27H. The maximum absolute atomic E-state index is 9.90. The largest absolute Gasteiger partial charge is 0.508 e. The average Bonchev–Trinajstić information content (AvgIpc) is 3.42. The second-order valence-electron chi connectivity index (χ2n) is 6.68. The molecule has 0 bridgehead atoms. The summed E-state index contributed by atoms with van der Waals surface area (Å²) in [6.07, 6.45) is 6.61. The fourth-order valence-corrected chi connectivity index (χ4v) is 3.67. The van der Waals surface area contributed by atoms with Gasteiger partial charge in [-0.1, -0.05) is 6.07 Å². The van der Waals surface area contributed by atoms with E-state index in [0.29, 0.717) is 23.1 Å². The summed E-state index contributed by atoms with van der Waals surface area (Å²) in [5, 5.41) is 14.5. The lowest BCUT2D eigenvalue weighted by molar-refractivity contribution is 0.409. The molecular weight excluding hydrogens is 370 g/mol. The van der Waals surface area contributed by atoms with Crippen LogP contribution in [0.15, 0.2) is 71.9 Å². The van der Waals surface area contributed by atoms with Crippen LogP contribution in [0.25, 0.3) is 17.0 Å². The van der Waals surface area contributed by atoms with Gasteiger partial charge in [-0.2, -0.15) is 0 Å². The SMILES string of the molecule is Oc1ccc2c(c1)Oc1ncn3nc(-c4cccnc4)nc3c1C2c1ccco1. The first-order valence-corrected chi connectivity index (χ1v) is 8.98. The van der Waals surface area contributed by atoms with E-state index in [1.165, 1.54) is 0 Å². The summed E-state index contributed by atoms with van der Waals surface area (Å²) in [7, 11) is 0. The number of fused-ring (bicyclic) bond motifs is 4. The summed E-state index contributed by atoms with van der Waals surface area (Å²) < 4.78 is 13.4. The zero-order valence-electron chi connectivity index (χ0n) is 14.9. The minimum absolute atomic E-state index is 0.118. The number of aromatic hydroxyl groups is 1. The van der Waals surface area contributed by atoms with Crippen molar-refractivity contribution in [3.63, 3.8) is 0 Å². The van der Waals surface area contributed by atoms with Crippen molar-refractivity contribution in [3.8, 4) is 28.8 Å². The smallest absolute Gasteiger partial charge is 0.228 e. The summed E-state index contributed by atoms with van der Waals surface area (Å²) in [4.78, 5) is 13.3. The summed E-state index contributed by atoms with van der Waals surface area (Å²) in [6.45, 7) is 0. The number of rotatable bonds is 2. The van der Waals surface area contributed by atoms with E-state index < -0.39 is 0 Å². The van der Waals surface area contributed by atoms with Crippen molar-refractivity contribution in [3.05, 3.63) is 84.3 Å². The van der Waals surface area contributed by atoms with Crippen LogP contribution < -0.4 is 4.74 Å². The second-order valence-corrected chi connectivity index (χ2v) is 6.68. The van der Waals surface area contributed by atoms with Crippen LogP contribution >= 0.6 is 0 Å². The van der Waals surface area contributed by atoms with E-state index in [-0.39, 0.29) is 11.7 Å². The first-order chi connectivity index (χ1) is 14.3. The van der Waals surface area contributed by atoms with Gasteiger partial charge in [-0.15, -0.1) is 5.10 Å².